The largest absolute Gasteiger partial charge is 0.369 e. The van der Waals surface area contributed by atoms with E-state index in [0.717, 1.165) is 35.3 Å². The SMILES string of the molecule is CC(=O)Cc1ccc(-c2ccc3ncc4c(c3n2)N(C2CCN(CC(N)=O)CC2)C(=O)N(C)C4)cn1. The summed E-state index contributed by atoms with van der Waals surface area (Å²) in [7, 11) is 1.79. The number of nitrogens with two attached hydrogens (primary N) is 1. The molecule has 0 aliphatic carbocycles. The lowest BCUT2D eigenvalue weighted by Crippen LogP contribution is -2.54. The van der Waals surface area contributed by atoms with Crippen molar-refractivity contribution in [3.05, 3.63) is 47.9 Å². The molecular weight excluding hydrogens is 458 g/mol. The molecule has 2 N–H and O–H groups in total. The molecule has 2 aliphatic rings. The van der Waals surface area contributed by atoms with Crippen molar-refractivity contribution >= 4 is 34.4 Å². The molecule has 0 aromatic carbocycles. The molecule has 2 aliphatic heterocycles. The highest BCUT2D eigenvalue weighted by Crippen LogP contribution is 2.37. The molecule has 5 rings (SSSR count). The van der Waals surface area contributed by atoms with Gasteiger partial charge in [-0.2, -0.15) is 0 Å². The normalized spacial score (nSPS) is 16.9. The van der Waals surface area contributed by atoms with Gasteiger partial charge in [0.1, 0.15) is 11.3 Å². The van der Waals surface area contributed by atoms with Crippen LogP contribution in [-0.2, 0) is 22.6 Å². The number of Topliss-reactive ketones (excluding diaryl/α,β-unsaturated/α-hetero) is 1. The highest BCUT2D eigenvalue weighted by Gasteiger charge is 2.37. The number of anilines is 1. The first-order valence-corrected chi connectivity index (χ1v) is 12.1. The third kappa shape index (κ3) is 4.64. The fourth-order valence-corrected chi connectivity index (χ4v) is 5.07. The van der Waals surface area contributed by atoms with Crippen molar-refractivity contribution in [2.45, 2.75) is 38.8 Å². The van der Waals surface area contributed by atoms with E-state index in [1.165, 1.54) is 0 Å². The lowest BCUT2D eigenvalue weighted by molar-refractivity contribution is -0.119. The van der Waals surface area contributed by atoms with Crippen LogP contribution in [0.3, 0.4) is 0 Å². The zero-order valence-corrected chi connectivity index (χ0v) is 20.5. The Hall–Kier alpha value is -3.92. The third-order valence-electron chi connectivity index (χ3n) is 6.80. The molecule has 186 valence electrons. The Balaban J connectivity index is 1.52. The van der Waals surface area contributed by atoms with Crippen molar-refractivity contribution in [3.8, 4) is 11.3 Å². The summed E-state index contributed by atoms with van der Waals surface area (Å²) in [6, 6.07) is 7.47. The van der Waals surface area contributed by atoms with E-state index in [-0.39, 0.29) is 30.3 Å². The predicted octanol–water partition coefficient (Wildman–Crippen LogP) is 2.14. The molecule has 36 heavy (non-hydrogen) atoms. The second kappa shape index (κ2) is 9.62. The molecule has 10 heteroatoms. The molecule has 0 spiro atoms. The Morgan fingerprint density at radius 3 is 2.53 bits per heavy atom. The van der Waals surface area contributed by atoms with Crippen LogP contribution in [-0.4, -0.2) is 75.2 Å². The van der Waals surface area contributed by atoms with Gasteiger partial charge < -0.3 is 10.6 Å². The molecule has 10 nitrogen and oxygen atoms in total. The van der Waals surface area contributed by atoms with Crippen molar-refractivity contribution in [3.63, 3.8) is 0 Å². The van der Waals surface area contributed by atoms with Crippen LogP contribution < -0.4 is 10.6 Å². The molecule has 5 heterocycles. The number of nitrogens with zero attached hydrogens (tertiary/aromatic N) is 6. The second-order valence-corrected chi connectivity index (χ2v) is 9.60. The monoisotopic (exact) mass is 487 g/mol. The average Bonchev–Trinajstić information content (AvgIpc) is 2.85. The molecule has 0 bridgehead atoms. The molecule has 0 atom stereocenters. The Labute approximate surface area is 209 Å². The molecule has 3 aromatic heterocycles. The number of likely N-dealkylation sites (tertiary alicyclic amines) is 1. The molecule has 3 amide bonds. The zero-order chi connectivity index (χ0) is 25.4. The summed E-state index contributed by atoms with van der Waals surface area (Å²) < 4.78 is 0. The van der Waals surface area contributed by atoms with Crippen LogP contribution in [0.15, 0.2) is 36.7 Å². The Morgan fingerprint density at radius 1 is 1.08 bits per heavy atom. The van der Waals surface area contributed by atoms with Crippen molar-refractivity contribution in [2.75, 3.05) is 31.6 Å². The third-order valence-corrected chi connectivity index (χ3v) is 6.80. The first-order valence-electron chi connectivity index (χ1n) is 12.1. The number of pyridine rings is 3. The van der Waals surface area contributed by atoms with Gasteiger partial charge in [0.15, 0.2) is 0 Å². The fourth-order valence-electron chi connectivity index (χ4n) is 5.07. The van der Waals surface area contributed by atoms with Gasteiger partial charge in [-0.05, 0) is 44.0 Å². The molecule has 0 saturated carbocycles. The molecule has 1 fully saturated rings. The van der Waals surface area contributed by atoms with Gasteiger partial charge in [-0.3, -0.25) is 29.4 Å². The van der Waals surface area contributed by atoms with Crippen molar-refractivity contribution in [1.29, 1.82) is 0 Å². The number of amides is 3. The number of hydrogen-bond donors (Lipinski definition) is 1. The van der Waals surface area contributed by atoms with Gasteiger partial charge in [-0.1, -0.05) is 0 Å². The quantitative estimate of drug-likeness (QED) is 0.565. The van der Waals surface area contributed by atoms with E-state index in [2.05, 4.69) is 9.97 Å². The number of carbonyl (C=O) groups excluding carboxylic acids is 3. The Bertz CT molecular complexity index is 1330. The number of carbonyl (C=O) groups is 3. The van der Waals surface area contributed by atoms with Gasteiger partial charge in [0, 0.05) is 61.8 Å². The van der Waals surface area contributed by atoms with E-state index in [1.54, 1.807) is 25.1 Å². The standard InChI is InChI=1S/C26H29N7O3/c1-16(34)11-19-4-3-17(12-28-19)21-5-6-22-24(30-21)25-18(13-29-22)14-31(2)26(36)33(25)20-7-9-32(10-8-20)15-23(27)35/h3-6,12-13,20H,7-11,14-15H2,1-2H3,(H2,27,35). The number of piperidine rings is 1. The number of hydrogen-bond acceptors (Lipinski definition) is 7. The summed E-state index contributed by atoms with van der Waals surface area (Å²) in [6.07, 6.45) is 5.32. The molecular formula is C26H29N7O3. The van der Waals surface area contributed by atoms with Gasteiger partial charge in [0.2, 0.25) is 5.91 Å². The van der Waals surface area contributed by atoms with Crippen molar-refractivity contribution in [1.82, 2.24) is 24.8 Å². The van der Waals surface area contributed by atoms with Gasteiger partial charge in [-0.15, -0.1) is 0 Å². The lowest BCUT2D eigenvalue weighted by Gasteiger charge is -2.43. The van der Waals surface area contributed by atoms with Crippen LogP contribution in [0.2, 0.25) is 0 Å². The zero-order valence-electron chi connectivity index (χ0n) is 20.5. The van der Waals surface area contributed by atoms with Crippen molar-refractivity contribution in [2.24, 2.45) is 5.73 Å². The summed E-state index contributed by atoms with van der Waals surface area (Å²) in [5.41, 5.74) is 10.8. The van der Waals surface area contributed by atoms with E-state index in [1.807, 2.05) is 40.3 Å². The van der Waals surface area contributed by atoms with Crippen LogP contribution in [0.25, 0.3) is 22.3 Å². The first-order chi connectivity index (χ1) is 17.3. The number of ketones is 1. The number of rotatable bonds is 6. The van der Waals surface area contributed by atoms with Crippen molar-refractivity contribution < 1.29 is 14.4 Å². The summed E-state index contributed by atoms with van der Waals surface area (Å²) in [5.74, 6) is -0.280. The lowest BCUT2D eigenvalue weighted by atomic mass is 9.99. The Kier molecular flexibility index (Phi) is 6.36. The van der Waals surface area contributed by atoms with Crippen LogP contribution in [0, 0.1) is 0 Å². The van der Waals surface area contributed by atoms with Crippen LogP contribution >= 0.6 is 0 Å². The maximum Gasteiger partial charge on any atom is 0.324 e. The van der Waals surface area contributed by atoms with Crippen LogP contribution in [0.4, 0.5) is 10.5 Å². The summed E-state index contributed by atoms with van der Waals surface area (Å²) in [5, 5.41) is 0. The average molecular weight is 488 g/mol. The topological polar surface area (TPSA) is 126 Å². The number of urea groups is 1. The number of primary amides is 1. The molecule has 3 aromatic rings. The first kappa shape index (κ1) is 23.8. The maximum atomic E-state index is 13.4. The minimum absolute atomic E-state index is 0.0216. The van der Waals surface area contributed by atoms with Gasteiger partial charge in [-0.25, -0.2) is 9.78 Å². The summed E-state index contributed by atoms with van der Waals surface area (Å²) in [6.45, 7) is 3.62. The van der Waals surface area contributed by atoms with Crippen LogP contribution in [0.1, 0.15) is 31.0 Å². The molecule has 1 saturated heterocycles. The van der Waals surface area contributed by atoms with E-state index in [0.29, 0.717) is 42.8 Å². The van der Waals surface area contributed by atoms with Gasteiger partial charge >= 0.3 is 6.03 Å². The maximum absolute atomic E-state index is 13.4. The summed E-state index contributed by atoms with van der Waals surface area (Å²) in [4.78, 5) is 55.8. The van der Waals surface area contributed by atoms with Crippen LogP contribution in [0.5, 0.6) is 0 Å². The number of fused-ring (bicyclic) bond motifs is 3. The Morgan fingerprint density at radius 2 is 1.86 bits per heavy atom. The fraction of sp³-hybridized carbons (Fsp3) is 0.385. The highest BCUT2D eigenvalue weighted by molar-refractivity contribution is 6.04. The van der Waals surface area contributed by atoms with E-state index < -0.39 is 0 Å². The minimum Gasteiger partial charge on any atom is -0.369 e. The second-order valence-electron chi connectivity index (χ2n) is 9.60. The van der Waals surface area contributed by atoms with E-state index in [9.17, 15) is 14.4 Å². The van der Waals surface area contributed by atoms with Gasteiger partial charge in [0.25, 0.3) is 0 Å². The molecule has 0 unspecified atom stereocenters. The van der Waals surface area contributed by atoms with Gasteiger partial charge in [0.05, 0.1) is 30.0 Å². The molecule has 0 radical (unpaired) electrons. The smallest absolute Gasteiger partial charge is 0.324 e. The van der Waals surface area contributed by atoms with E-state index >= 15 is 0 Å². The summed E-state index contributed by atoms with van der Waals surface area (Å²) >= 11 is 0. The highest BCUT2D eigenvalue weighted by atomic mass is 16.2. The minimum atomic E-state index is -0.342. The predicted molar refractivity (Wildman–Crippen MR) is 135 cm³/mol. The van der Waals surface area contributed by atoms with E-state index in [4.69, 9.17) is 10.7 Å². The number of aromatic nitrogens is 3.